The van der Waals surface area contributed by atoms with Crippen molar-refractivity contribution in [3.05, 3.63) is 0 Å². The van der Waals surface area contributed by atoms with Crippen LogP contribution in [0.3, 0.4) is 0 Å². The van der Waals surface area contributed by atoms with Crippen LogP contribution >= 0.6 is 0 Å². The molecule has 0 rings (SSSR count). The first-order chi connectivity index (χ1) is 7.02. The normalized spacial score (nSPS) is 12.9. The molecule has 5 nitrogen and oxygen atoms in total. The van der Waals surface area contributed by atoms with Gasteiger partial charge in [0, 0.05) is 0 Å². The van der Waals surface area contributed by atoms with Gasteiger partial charge < -0.3 is 0 Å². The molecular formula is C9H17BN2O3. The molecule has 0 bridgehead atoms. The molecule has 15 heavy (non-hydrogen) atoms. The van der Waals surface area contributed by atoms with E-state index in [1.165, 1.54) is 14.2 Å². The number of likely N-dealkylation sites (N-methyl/N-ethyl adjacent to an activating group) is 1. The maximum atomic E-state index is 11.7. The molecule has 0 aliphatic heterocycles. The number of rotatable bonds is 6. The molecule has 0 aromatic carbocycles. The summed E-state index contributed by atoms with van der Waals surface area (Å²) in [7, 11) is 3.49. The maximum absolute atomic E-state index is 11.7. The van der Waals surface area contributed by atoms with Gasteiger partial charge in [0.25, 0.3) is 0 Å². The van der Waals surface area contributed by atoms with Crippen LogP contribution in [0.5, 0.6) is 0 Å². The van der Waals surface area contributed by atoms with Crippen molar-refractivity contribution in [2.24, 2.45) is 10.9 Å². The number of carbonyl (C=O) groups is 1. The van der Waals surface area contributed by atoms with Crippen LogP contribution in [0.15, 0.2) is 4.99 Å². The third-order valence-electron chi connectivity index (χ3n) is 1.89. The quantitative estimate of drug-likeness (QED) is 0.366. The van der Waals surface area contributed by atoms with Crippen molar-refractivity contribution in [3.8, 4) is 0 Å². The molecule has 0 aliphatic carbocycles. The van der Waals surface area contributed by atoms with Gasteiger partial charge in [0.15, 0.2) is 0 Å². The van der Waals surface area contributed by atoms with Gasteiger partial charge in [-0.25, -0.2) is 0 Å². The Morgan fingerprint density at radius 2 is 2.20 bits per heavy atom. The van der Waals surface area contributed by atoms with Gasteiger partial charge in [0.1, 0.15) is 0 Å². The van der Waals surface area contributed by atoms with E-state index in [4.69, 9.17) is 4.84 Å². The summed E-state index contributed by atoms with van der Waals surface area (Å²) in [5.74, 6) is 0.0808. The topological polar surface area (TPSA) is 59.0 Å². The summed E-state index contributed by atoms with van der Waals surface area (Å²) < 4.78 is 10.2. The van der Waals surface area contributed by atoms with Crippen molar-refractivity contribution in [2.75, 3.05) is 14.2 Å². The average Bonchev–Trinajstić information content (AvgIpc) is 2.21. The molecule has 0 saturated heterocycles. The second-order valence-electron chi connectivity index (χ2n) is 3.60. The molecule has 0 radical (unpaired) electrons. The number of amides is 1. The standard InChI is InChI=1S/C9H17BN2O3/c1-7(2)5-8(11-6-10-14)9(13)12(3)15-4/h6-8H,5H2,1-4H3. The Morgan fingerprint density at radius 1 is 1.60 bits per heavy atom. The Kier molecular flexibility index (Phi) is 6.78. The van der Waals surface area contributed by atoms with Gasteiger partial charge in [-0.2, -0.15) is 0 Å². The first-order valence-electron chi connectivity index (χ1n) is 4.81. The number of aliphatic imine (C=N–C) groups is 1. The van der Waals surface area contributed by atoms with Gasteiger partial charge in [-0.1, -0.05) is 0 Å². The predicted octanol–water partition coefficient (Wildman–Crippen LogP) is 0.499. The van der Waals surface area contributed by atoms with E-state index >= 15 is 0 Å². The van der Waals surface area contributed by atoms with Crippen LogP contribution in [0, 0.1) is 5.92 Å². The van der Waals surface area contributed by atoms with Gasteiger partial charge in [-0.05, 0) is 0 Å². The van der Waals surface area contributed by atoms with E-state index in [1.807, 2.05) is 13.8 Å². The molecule has 0 heterocycles. The fourth-order valence-electron chi connectivity index (χ4n) is 1.11. The van der Waals surface area contributed by atoms with Crippen LogP contribution in [0.25, 0.3) is 0 Å². The summed E-state index contributed by atoms with van der Waals surface area (Å²) >= 11 is 0. The molecule has 0 spiro atoms. The number of carbonyl (C=O) groups excluding carboxylic acids is 1. The summed E-state index contributed by atoms with van der Waals surface area (Å²) in [5, 5.41) is 1.12. The molecule has 0 saturated carbocycles. The molecule has 0 aromatic heterocycles. The van der Waals surface area contributed by atoms with E-state index in [0.29, 0.717) is 19.5 Å². The first-order valence-corrected chi connectivity index (χ1v) is 4.81. The second kappa shape index (κ2) is 7.28. The molecule has 0 aromatic rings. The molecule has 0 aliphatic rings. The molecule has 0 fully saturated rings. The Morgan fingerprint density at radius 3 is 2.60 bits per heavy atom. The van der Waals surface area contributed by atoms with Crippen molar-refractivity contribution < 1.29 is 14.3 Å². The zero-order valence-electron chi connectivity index (χ0n) is 9.64. The number of hydrogen-bond acceptors (Lipinski definition) is 4. The van der Waals surface area contributed by atoms with Crippen LogP contribution in [-0.4, -0.2) is 44.4 Å². The molecule has 1 atom stereocenters. The van der Waals surface area contributed by atoms with Crippen LogP contribution in [0.1, 0.15) is 20.3 Å². The molecule has 0 N–H and O–H groups in total. The molecule has 1 amide bonds. The minimum atomic E-state index is -0.542. The van der Waals surface area contributed by atoms with E-state index in [1.54, 1.807) is 0 Å². The van der Waals surface area contributed by atoms with Crippen molar-refractivity contribution >= 4 is 19.2 Å². The van der Waals surface area contributed by atoms with Crippen molar-refractivity contribution in [2.45, 2.75) is 26.3 Å². The van der Waals surface area contributed by atoms with Crippen LogP contribution < -0.4 is 0 Å². The molecule has 1 unspecified atom stereocenters. The van der Waals surface area contributed by atoms with Gasteiger partial charge in [0.05, 0.1) is 0 Å². The van der Waals surface area contributed by atoms with Gasteiger partial charge in [-0.15, -0.1) is 0 Å². The summed E-state index contributed by atoms with van der Waals surface area (Å²) in [6.07, 6.45) is 1.70. The van der Waals surface area contributed by atoms with Gasteiger partial charge in [-0.3, -0.25) is 0 Å². The number of hydroxylamine groups is 2. The van der Waals surface area contributed by atoms with Crippen molar-refractivity contribution in [1.82, 2.24) is 5.06 Å². The Balaban J connectivity index is 4.53. The Bertz CT molecular complexity index is 244. The van der Waals surface area contributed by atoms with Gasteiger partial charge in [0.2, 0.25) is 0 Å². The Labute approximate surface area is 90.7 Å². The molecule has 6 heteroatoms. The fraction of sp³-hybridized carbons (Fsp3) is 0.778. The van der Waals surface area contributed by atoms with E-state index < -0.39 is 6.04 Å². The van der Waals surface area contributed by atoms with Gasteiger partial charge >= 0.3 is 89.9 Å². The van der Waals surface area contributed by atoms with E-state index in [2.05, 4.69) is 4.99 Å². The molecular weight excluding hydrogens is 195 g/mol. The summed E-state index contributed by atoms with van der Waals surface area (Å²) in [5.41, 5.74) is 0. The Hall–Kier alpha value is -1.04. The SMILES string of the molecule is CON(C)C(=O)C(CC(C)C)N=CB=O. The number of nitrogens with zero attached hydrogens (tertiary/aromatic N) is 2. The fourth-order valence-corrected chi connectivity index (χ4v) is 1.11. The van der Waals surface area contributed by atoms with E-state index in [0.717, 1.165) is 11.2 Å². The van der Waals surface area contributed by atoms with Crippen LogP contribution in [-0.2, 0) is 14.3 Å². The zero-order chi connectivity index (χ0) is 11.8. The third-order valence-corrected chi connectivity index (χ3v) is 1.89. The average molecular weight is 212 g/mol. The van der Waals surface area contributed by atoms with Crippen molar-refractivity contribution in [3.63, 3.8) is 0 Å². The van der Waals surface area contributed by atoms with E-state index in [9.17, 15) is 9.50 Å². The predicted molar refractivity (Wildman–Crippen MR) is 58.0 cm³/mol. The van der Waals surface area contributed by atoms with E-state index in [-0.39, 0.29) is 5.91 Å². The summed E-state index contributed by atoms with van der Waals surface area (Å²) in [4.78, 5) is 20.3. The summed E-state index contributed by atoms with van der Waals surface area (Å²) in [6, 6.07) is -0.542. The first kappa shape index (κ1) is 14.0. The second-order valence-corrected chi connectivity index (χ2v) is 3.60. The van der Waals surface area contributed by atoms with Crippen molar-refractivity contribution in [1.29, 1.82) is 0 Å². The third kappa shape index (κ3) is 5.42. The summed E-state index contributed by atoms with van der Waals surface area (Å²) in [6.45, 7) is 3.98. The monoisotopic (exact) mass is 212 g/mol. The number of hydrogen-bond donors (Lipinski definition) is 0. The zero-order valence-corrected chi connectivity index (χ0v) is 9.64. The minimum absolute atomic E-state index is 0.246. The van der Waals surface area contributed by atoms with Crippen LogP contribution in [0.4, 0.5) is 0 Å². The van der Waals surface area contributed by atoms with Crippen LogP contribution in [0.2, 0.25) is 0 Å². The molecule has 84 valence electrons.